The van der Waals surface area contributed by atoms with Crippen LogP contribution in [-0.4, -0.2) is 17.1 Å². The molecule has 1 aromatic heterocycles. The molecule has 2 aromatic carbocycles. The van der Waals surface area contributed by atoms with Crippen LogP contribution in [0.2, 0.25) is 5.02 Å². The number of rotatable bonds is 4. The van der Waals surface area contributed by atoms with Crippen molar-refractivity contribution in [1.29, 1.82) is 0 Å². The van der Waals surface area contributed by atoms with Crippen LogP contribution in [0, 0.1) is 5.82 Å². The van der Waals surface area contributed by atoms with E-state index in [0.29, 0.717) is 28.5 Å². The van der Waals surface area contributed by atoms with Crippen molar-refractivity contribution in [1.82, 2.24) is 9.97 Å². The van der Waals surface area contributed by atoms with Crippen molar-refractivity contribution in [3.63, 3.8) is 0 Å². The molecule has 0 radical (unpaired) electrons. The minimum absolute atomic E-state index is 0.0314. The minimum atomic E-state index is -0.479. The van der Waals surface area contributed by atoms with Crippen molar-refractivity contribution in [3.05, 3.63) is 59.1 Å². The third-order valence-corrected chi connectivity index (χ3v) is 4.05. The number of allylic oxidation sites excluding steroid dienone is 1. The van der Waals surface area contributed by atoms with Crippen LogP contribution >= 0.6 is 11.6 Å². The number of benzene rings is 2. The molecule has 0 fully saturated rings. The summed E-state index contributed by atoms with van der Waals surface area (Å²) in [4.78, 5) is 8.55. The van der Waals surface area contributed by atoms with Crippen molar-refractivity contribution < 1.29 is 9.13 Å². The van der Waals surface area contributed by atoms with Gasteiger partial charge in [0.05, 0.1) is 17.6 Å². The highest BCUT2D eigenvalue weighted by atomic mass is 35.5. The molecule has 3 rings (SSSR count). The summed E-state index contributed by atoms with van der Waals surface area (Å²) in [5.41, 5.74) is 8.69. The Bertz CT molecular complexity index is 975. The Labute approximate surface area is 149 Å². The Morgan fingerprint density at radius 3 is 2.76 bits per heavy atom. The zero-order chi connectivity index (χ0) is 18.0. The minimum Gasteiger partial charge on any atom is -0.496 e. The van der Waals surface area contributed by atoms with Crippen LogP contribution in [0.3, 0.4) is 0 Å². The second-order valence-corrected chi connectivity index (χ2v) is 5.70. The summed E-state index contributed by atoms with van der Waals surface area (Å²) in [6.07, 6.45) is 3.23. The fourth-order valence-electron chi connectivity index (χ4n) is 2.44. The number of ether oxygens (including phenoxy) is 1. The van der Waals surface area contributed by atoms with Gasteiger partial charge >= 0.3 is 0 Å². The Hall–Kier alpha value is -2.86. The third kappa shape index (κ3) is 3.34. The first-order chi connectivity index (χ1) is 12.0. The zero-order valence-corrected chi connectivity index (χ0v) is 14.4. The average molecular weight is 359 g/mol. The van der Waals surface area contributed by atoms with Gasteiger partial charge in [-0.1, -0.05) is 17.7 Å². The maximum Gasteiger partial charge on any atom is 0.141 e. The quantitative estimate of drug-likeness (QED) is 0.718. The molecule has 3 aromatic rings. The van der Waals surface area contributed by atoms with Gasteiger partial charge in [0.1, 0.15) is 23.7 Å². The summed E-state index contributed by atoms with van der Waals surface area (Å²) in [6.45, 7) is 1.85. The molecule has 0 saturated heterocycles. The number of methoxy groups -OCH3 is 1. The van der Waals surface area contributed by atoms with Crippen LogP contribution in [-0.2, 0) is 0 Å². The Morgan fingerprint density at radius 2 is 2.08 bits per heavy atom. The van der Waals surface area contributed by atoms with Crippen LogP contribution in [0.5, 0.6) is 5.75 Å². The van der Waals surface area contributed by atoms with Gasteiger partial charge < -0.3 is 15.8 Å². The van der Waals surface area contributed by atoms with E-state index >= 15 is 0 Å². The molecule has 128 valence electrons. The van der Waals surface area contributed by atoms with Gasteiger partial charge in [-0.15, -0.1) is 0 Å². The summed E-state index contributed by atoms with van der Waals surface area (Å²) >= 11 is 5.84. The SMILES string of the molecule is C/C=C(\N)c1cc2c(Nc3ccc(F)c(Cl)c3)ncnc2cc1OC. The molecule has 0 aliphatic carbocycles. The summed E-state index contributed by atoms with van der Waals surface area (Å²) < 4.78 is 18.7. The molecule has 3 N–H and O–H groups in total. The van der Waals surface area contributed by atoms with Gasteiger partial charge in [-0.25, -0.2) is 14.4 Å². The van der Waals surface area contributed by atoms with Gasteiger partial charge in [0, 0.05) is 28.4 Å². The first kappa shape index (κ1) is 17.0. The summed E-state index contributed by atoms with van der Waals surface area (Å²) in [7, 11) is 1.58. The van der Waals surface area contributed by atoms with Gasteiger partial charge in [-0.05, 0) is 31.2 Å². The number of anilines is 2. The van der Waals surface area contributed by atoms with E-state index in [4.69, 9.17) is 22.1 Å². The van der Waals surface area contributed by atoms with E-state index in [2.05, 4.69) is 15.3 Å². The standard InChI is InChI=1S/C18H16ClFN4O/c1-3-15(21)11-7-12-16(8-17(11)25-2)22-9-23-18(12)24-10-4-5-14(20)13(19)6-10/h3-9H,21H2,1-2H3,(H,22,23,24)/b15-3-. The van der Waals surface area contributed by atoms with Crippen LogP contribution < -0.4 is 15.8 Å². The van der Waals surface area contributed by atoms with E-state index in [-0.39, 0.29) is 5.02 Å². The van der Waals surface area contributed by atoms with E-state index in [9.17, 15) is 4.39 Å². The lowest BCUT2D eigenvalue weighted by atomic mass is 10.1. The monoisotopic (exact) mass is 358 g/mol. The predicted molar refractivity (Wildman–Crippen MR) is 98.6 cm³/mol. The van der Waals surface area contributed by atoms with E-state index in [1.807, 2.05) is 13.0 Å². The van der Waals surface area contributed by atoms with E-state index in [1.165, 1.54) is 18.5 Å². The van der Waals surface area contributed by atoms with Crippen LogP contribution in [0.25, 0.3) is 16.6 Å². The number of hydrogen-bond acceptors (Lipinski definition) is 5. The van der Waals surface area contributed by atoms with E-state index in [1.54, 1.807) is 25.3 Å². The Balaban J connectivity index is 2.13. The van der Waals surface area contributed by atoms with Crippen molar-refractivity contribution in [2.75, 3.05) is 12.4 Å². The topological polar surface area (TPSA) is 73.1 Å². The molecule has 0 aliphatic heterocycles. The normalized spacial score (nSPS) is 11.6. The number of nitrogens with zero attached hydrogens (tertiary/aromatic N) is 2. The largest absolute Gasteiger partial charge is 0.496 e. The highest BCUT2D eigenvalue weighted by Crippen LogP contribution is 2.32. The third-order valence-electron chi connectivity index (χ3n) is 3.76. The lowest BCUT2D eigenvalue weighted by Gasteiger charge is -2.13. The summed E-state index contributed by atoms with van der Waals surface area (Å²) in [5, 5.41) is 3.92. The number of fused-ring (bicyclic) bond motifs is 1. The molecule has 0 atom stereocenters. The highest BCUT2D eigenvalue weighted by molar-refractivity contribution is 6.31. The molecule has 1 heterocycles. The molecule has 0 spiro atoms. The molecule has 0 unspecified atom stereocenters. The Kier molecular flexibility index (Phi) is 4.72. The van der Waals surface area contributed by atoms with Gasteiger partial charge in [-0.3, -0.25) is 0 Å². The van der Waals surface area contributed by atoms with Crippen LogP contribution in [0.1, 0.15) is 12.5 Å². The first-order valence-electron chi connectivity index (χ1n) is 7.50. The van der Waals surface area contributed by atoms with Crippen LogP contribution in [0.15, 0.2) is 42.7 Å². The van der Waals surface area contributed by atoms with Crippen molar-refractivity contribution in [3.8, 4) is 5.75 Å². The fourth-order valence-corrected chi connectivity index (χ4v) is 2.62. The molecule has 25 heavy (non-hydrogen) atoms. The number of halogens is 2. The molecule has 5 nitrogen and oxygen atoms in total. The molecule has 0 bridgehead atoms. The summed E-state index contributed by atoms with van der Waals surface area (Å²) in [6, 6.07) is 8.03. The van der Waals surface area contributed by atoms with E-state index < -0.39 is 5.82 Å². The van der Waals surface area contributed by atoms with Crippen molar-refractivity contribution >= 4 is 39.7 Å². The van der Waals surface area contributed by atoms with Gasteiger partial charge in [0.25, 0.3) is 0 Å². The van der Waals surface area contributed by atoms with Crippen molar-refractivity contribution in [2.24, 2.45) is 5.73 Å². The highest BCUT2D eigenvalue weighted by Gasteiger charge is 2.12. The second-order valence-electron chi connectivity index (χ2n) is 5.29. The average Bonchev–Trinajstić information content (AvgIpc) is 2.63. The van der Waals surface area contributed by atoms with Crippen molar-refractivity contribution in [2.45, 2.75) is 6.92 Å². The molecular formula is C18H16ClFN4O. The molecule has 0 amide bonds. The second kappa shape index (κ2) is 6.94. The lowest BCUT2D eigenvalue weighted by Crippen LogP contribution is -2.02. The van der Waals surface area contributed by atoms with Gasteiger partial charge in [0.2, 0.25) is 0 Å². The molecule has 0 saturated carbocycles. The lowest BCUT2D eigenvalue weighted by molar-refractivity contribution is 0.414. The summed E-state index contributed by atoms with van der Waals surface area (Å²) in [5.74, 6) is 0.700. The molecule has 7 heteroatoms. The van der Waals surface area contributed by atoms with Gasteiger partial charge in [0.15, 0.2) is 0 Å². The number of hydrogen-bond donors (Lipinski definition) is 2. The first-order valence-corrected chi connectivity index (χ1v) is 7.88. The smallest absolute Gasteiger partial charge is 0.141 e. The molecular weight excluding hydrogens is 343 g/mol. The Morgan fingerprint density at radius 1 is 1.28 bits per heavy atom. The van der Waals surface area contributed by atoms with Gasteiger partial charge in [-0.2, -0.15) is 0 Å². The number of aromatic nitrogens is 2. The predicted octanol–water partition coefficient (Wildman–Crippen LogP) is 4.49. The maximum absolute atomic E-state index is 13.3. The fraction of sp³-hybridized carbons (Fsp3) is 0.111. The maximum atomic E-state index is 13.3. The molecule has 0 aliphatic rings. The number of nitrogens with two attached hydrogens (primary N) is 1. The number of nitrogens with one attached hydrogen (secondary N) is 1. The van der Waals surface area contributed by atoms with E-state index in [0.717, 1.165) is 10.9 Å². The zero-order valence-electron chi connectivity index (χ0n) is 13.7. The van der Waals surface area contributed by atoms with Crippen LogP contribution in [0.4, 0.5) is 15.9 Å².